The van der Waals surface area contributed by atoms with Gasteiger partial charge in [-0.3, -0.25) is 4.79 Å². The summed E-state index contributed by atoms with van der Waals surface area (Å²) >= 11 is 0. The van der Waals surface area contributed by atoms with Crippen LogP contribution < -0.4 is 10.6 Å². The molecule has 1 rings (SSSR count). The van der Waals surface area contributed by atoms with E-state index in [0.29, 0.717) is 6.29 Å². The number of hydrogen-bond donors (Lipinski definition) is 2. The molecule has 1 atom stereocenters. The molecule has 1 unspecified atom stereocenters. The van der Waals surface area contributed by atoms with Crippen molar-refractivity contribution in [1.82, 2.24) is 10.6 Å². The molecule has 108 valence electrons. The Balaban J connectivity index is 2.27. The molecule has 0 bridgehead atoms. The van der Waals surface area contributed by atoms with Gasteiger partial charge in [0.25, 0.3) is 0 Å². The second kappa shape index (κ2) is 8.68. The molecule has 0 saturated carbocycles. The van der Waals surface area contributed by atoms with E-state index in [1.54, 1.807) is 6.92 Å². The average Bonchev–Trinajstić information content (AvgIpc) is 2.46. The number of carbonyl (C=O) groups is 3. The molecular formula is C14H18N2O4. The molecule has 0 heterocycles. The van der Waals surface area contributed by atoms with Crippen molar-refractivity contribution in [2.75, 3.05) is 6.54 Å². The summed E-state index contributed by atoms with van der Waals surface area (Å²) in [5.41, 5.74) is 0.866. The van der Waals surface area contributed by atoms with Gasteiger partial charge in [-0.05, 0) is 12.5 Å². The highest BCUT2D eigenvalue weighted by molar-refractivity contribution is 5.85. The zero-order chi connectivity index (χ0) is 14.8. The van der Waals surface area contributed by atoms with Gasteiger partial charge >= 0.3 is 6.09 Å². The molecule has 20 heavy (non-hydrogen) atoms. The smallest absolute Gasteiger partial charge is 0.408 e. The third kappa shape index (κ3) is 5.99. The minimum absolute atomic E-state index is 0.145. The van der Waals surface area contributed by atoms with Gasteiger partial charge in [0, 0.05) is 13.0 Å². The Labute approximate surface area is 117 Å². The first kappa shape index (κ1) is 15.7. The Morgan fingerprint density at radius 2 is 2.00 bits per heavy atom. The van der Waals surface area contributed by atoms with Gasteiger partial charge in [-0.15, -0.1) is 0 Å². The second-order valence-electron chi connectivity index (χ2n) is 4.17. The number of amides is 2. The van der Waals surface area contributed by atoms with Crippen molar-refractivity contribution in [1.29, 1.82) is 0 Å². The molecule has 2 N–H and O–H groups in total. The lowest BCUT2D eigenvalue weighted by Gasteiger charge is -2.13. The van der Waals surface area contributed by atoms with E-state index in [-0.39, 0.29) is 25.5 Å². The summed E-state index contributed by atoms with van der Waals surface area (Å²) < 4.78 is 4.99. The van der Waals surface area contributed by atoms with E-state index in [9.17, 15) is 14.4 Å². The molecule has 0 radical (unpaired) electrons. The van der Waals surface area contributed by atoms with Crippen LogP contribution in [0.4, 0.5) is 4.79 Å². The van der Waals surface area contributed by atoms with Crippen LogP contribution in [0.15, 0.2) is 30.3 Å². The van der Waals surface area contributed by atoms with Gasteiger partial charge in [0.05, 0.1) is 0 Å². The summed E-state index contributed by atoms with van der Waals surface area (Å²) in [5.74, 6) is -0.358. The number of ether oxygens (including phenoxy) is 1. The van der Waals surface area contributed by atoms with E-state index >= 15 is 0 Å². The molecule has 6 heteroatoms. The van der Waals surface area contributed by atoms with Crippen molar-refractivity contribution in [3.8, 4) is 0 Å². The summed E-state index contributed by atoms with van der Waals surface area (Å²) in [4.78, 5) is 33.1. The second-order valence-corrected chi connectivity index (χ2v) is 4.17. The van der Waals surface area contributed by atoms with Crippen molar-refractivity contribution in [2.45, 2.75) is 26.0 Å². The van der Waals surface area contributed by atoms with E-state index in [0.717, 1.165) is 5.56 Å². The third-order valence-electron chi connectivity index (χ3n) is 2.50. The van der Waals surface area contributed by atoms with E-state index in [1.165, 1.54) is 0 Å². The highest BCUT2D eigenvalue weighted by Gasteiger charge is 2.15. The van der Waals surface area contributed by atoms with Crippen LogP contribution in [0.1, 0.15) is 18.9 Å². The molecule has 0 aromatic heterocycles. The standard InChI is InChI=1S/C14H18N2O4/c1-11(13(18)15-8-5-9-17)16-14(19)20-10-12-6-3-2-4-7-12/h2-4,6-7,9,11H,5,8,10H2,1H3,(H,15,18)(H,16,19). The summed E-state index contributed by atoms with van der Waals surface area (Å²) in [6, 6.07) is 8.52. The van der Waals surface area contributed by atoms with Gasteiger partial charge in [0.2, 0.25) is 5.91 Å². The van der Waals surface area contributed by atoms with Crippen LogP contribution in [0, 0.1) is 0 Å². The Morgan fingerprint density at radius 3 is 2.65 bits per heavy atom. The number of hydrogen-bond acceptors (Lipinski definition) is 4. The van der Waals surface area contributed by atoms with Gasteiger partial charge in [0.15, 0.2) is 0 Å². The van der Waals surface area contributed by atoms with Crippen molar-refractivity contribution < 1.29 is 19.1 Å². The van der Waals surface area contributed by atoms with Crippen LogP contribution >= 0.6 is 0 Å². The van der Waals surface area contributed by atoms with Crippen LogP contribution in [0.2, 0.25) is 0 Å². The number of benzene rings is 1. The van der Waals surface area contributed by atoms with E-state index in [2.05, 4.69) is 10.6 Å². The number of carbonyl (C=O) groups excluding carboxylic acids is 3. The first-order chi connectivity index (χ1) is 9.63. The zero-order valence-electron chi connectivity index (χ0n) is 11.3. The fraction of sp³-hybridized carbons (Fsp3) is 0.357. The Kier molecular flexibility index (Phi) is 6.81. The van der Waals surface area contributed by atoms with Gasteiger partial charge in [-0.1, -0.05) is 30.3 Å². The molecule has 1 aromatic rings. The Hall–Kier alpha value is -2.37. The predicted octanol–water partition coefficient (Wildman–Crippen LogP) is 1.01. The topological polar surface area (TPSA) is 84.5 Å². The van der Waals surface area contributed by atoms with Crippen molar-refractivity contribution in [2.24, 2.45) is 0 Å². The molecule has 0 spiro atoms. The first-order valence-corrected chi connectivity index (χ1v) is 6.32. The van der Waals surface area contributed by atoms with Gasteiger partial charge in [-0.2, -0.15) is 0 Å². The largest absolute Gasteiger partial charge is 0.445 e. The highest BCUT2D eigenvalue weighted by atomic mass is 16.5. The maximum Gasteiger partial charge on any atom is 0.408 e. The summed E-state index contributed by atoms with van der Waals surface area (Å²) in [7, 11) is 0. The molecule has 0 fully saturated rings. The fourth-order valence-corrected chi connectivity index (χ4v) is 1.41. The molecule has 2 amide bonds. The number of nitrogens with one attached hydrogen (secondary N) is 2. The zero-order valence-corrected chi connectivity index (χ0v) is 11.3. The average molecular weight is 278 g/mol. The maximum absolute atomic E-state index is 11.5. The lowest BCUT2D eigenvalue weighted by Crippen LogP contribution is -2.45. The van der Waals surface area contributed by atoms with Gasteiger partial charge in [-0.25, -0.2) is 4.79 Å². The Bertz CT molecular complexity index is 448. The monoisotopic (exact) mass is 278 g/mol. The molecule has 1 aromatic carbocycles. The normalized spacial score (nSPS) is 11.2. The summed E-state index contributed by atoms with van der Waals surface area (Å²) in [6.07, 6.45) is 0.301. The molecular weight excluding hydrogens is 260 g/mol. The Morgan fingerprint density at radius 1 is 1.30 bits per heavy atom. The van der Waals surface area contributed by atoms with Crippen LogP contribution in [0.5, 0.6) is 0 Å². The van der Waals surface area contributed by atoms with Crippen LogP contribution in [-0.4, -0.2) is 30.9 Å². The molecule has 0 aliphatic carbocycles. The predicted molar refractivity (Wildman–Crippen MR) is 72.9 cm³/mol. The highest BCUT2D eigenvalue weighted by Crippen LogP contribution is 2.00. The molecule has 0 aliphatic rings. The SMILES string of the molecule is CC(NC(=O)OCc1ccccc1)C(=O)NCCC=O. The quantitative estimate of drug-likeness (QED) is 0.576. The minimum atomic E-state index is -0.718. The van der Waals surface area contributed by atoms with Crippen LogP contribution in [-0.2, 0) is 20.9 Å². The molecule has 0 saturated heterocycles. The van der Waals surface area contributed by atoms with Gasteiger partial charge in [0.1, 0.15) is 18.9 Å². The summed E-state index contributed by atoms with van der Waals surface area (Å²) in [6.45, 7) is 1.94. The van der Waals surface area contributed by atoms with Gasteiger partial charge < -0.3 is 20.2 Å². The maximum atomic E-state index is 11.5. The number of rotatable bonds is 7. The minimum Gasteiger partial charge on any atom is -0.445 e. The molecule has 0 aliphatic heterocycles. The lowest BCUT2D eigenvalue weighted by molar-refractivity contribution is -0.122. The van der Waals surface area contributed by atoms with Crippen molar-refractivity contribution in [3.63, 3.8) is 0 Å². The van der Waals surface area contributed by atoms with Crippen LogP contribution in [0.3, 0.4) is 0 Å². The molecule has 6 nitrogen and oxygen atoms in total. The van der Waals surface area contributed by atoms with Crippen molar-refractivity contribution >= 4 is 18.3 Å². The number of aldehydes is 1. The van der Waals surface area contributed by atoms with E-state index in [4.69, 9.17) is 4.74 Å². The first-order valence-electron chi connectivity index (χ1n) is 6.32. The third-order valence-corrected chi connectivity index (χ3v) is 2.50. The van der Waals surface area contributed by atoms with E-state index < -0.39 is 12.1 Å². The van der Waals surface area contributed by atoms with Crippen LogP contribution in [0.25, 0.3) is 0 Å². The van der Waals surface area contributed by atoms with Crippen molar-refractivity contribution in [3.05, 3.63) is 35.9 Å². The lowest BCUT2D eigenvalue weighted by atomic mass is 10.2. The fourth-order valence-electron chi connectivity index (χ4n) is 1.41. The van der Waals surface area contributed by atoms with E-state index in [1.807, 2.05) is 30.3 Å². The number of alkyl carbamates (subject to hydrolysis) is 1. The summed E-state index contributed by atoms with van der Waals surface area (Å²) in [5, 5.41) is 4.94.